The lowest BCUT2D eigenvalue weighted by atomic mass is 9.93. The molecule has 1 atom stereocenters. The summed E-state index contributed by atoms with van der Waals surface area (Å²) in [6.45, 7) is 2.15. The Hall–Kier alpha value is -3.14. The van der Waals surface area contributed by atoms with Crippen LogP contribution < -0.4 is 16.8 Å². The quantitative estimate of drug-likeness (QED) is 0.517. The van der Waals surface area contributed by atoms with Crippen LogP contribution in [0.15, 0.2) is 30.3 Å². The van der Waals surface area contributed by atoms with Crippen LogP contribution in [0, 0.1) is 5.92 Å². The van der Waals surface area contributed by atoms with Crippen molar-refractivity contribution in [1.82, 2.24) is 25.5 Å². The number of aromatic nitrogens is 4. The summed E-state index contributed by atoms with van der Waals surface area (Å²) < 4.78 is 0. The van der Waals surface area contributed by atoms with E-state index in [2.05, 4.69) is 20.7 Å². The molecule has 0 fully saturated rings. The number of nitrogens with one attached hydrogen (secondary N) is 1. The van der Waals surface area contributed by atoms with Gasteiger partial charge in [-0.25, -0.2) is 4.79 Å². The van der Waals surface area contributed by atoms with Crippen LogP contribution in [0.5, 0.6) is 0 Å². The Kier molecular flexibility index (Phi) is 7.76. The minimum Gasteiger partial charge on any atom is -0.370 e. The maximum absolute atomic E-state index is 12.5. The molecule has 0 saturated carbocycles. The van der Waals surface area contributed by atoms with Gasteiger partial charge in [-0.15, -0.1) is 10.2 Å². The molecule has 10 heteroatoms. The lowest BCUT2D eigenvalue weighted by Crippen LogP contribution is -2.36. The van der Waals surface area contributed by atoms with Gasteiger partial charge in [-0.1, -0.05) is 42.1 Å². The zero-order valence-electron chi connectivity index (χ0n) is 15.7. The van der Waals surface area contributed by atoms with Gasteiger partial charge in [0.15, 0.2) is 11.6 Å². The van der Waals surface area contributed by atoms with Crippen molar-refractivity contribution < 1.29 is 14.4 Å². The van der Waals surface area contributed by atoms with Crippen molar-refractivity contribution >= 4 is 17.7 Å². The average Bonchev–Trinajstić information content (AvgIpc) is 3.17. The Balaban J connectivity index is 1.93. The first kappa shape index (κ1) is 21.2. The zero-order chi connectivity index (χ0) is 20.5. The molecule has 1 aromatic heterocycles. The lowest BCUT2D eigenvalue weighted by molar-refractivity contribution is -0.119. The number of Topliss-reactive ketones (excluding diaryl/α,β-unsaturated/α-hetero) is 1. The van der Waals surface area contributed by atoms with Gasteiger partial charge in [0, 0.05) is 13.0 Å². The topological polar surface area (TPSA) is 159 Å². The predicted octanol–water partition coefficient (Wildman–Crippen LogP) is -0.0320. The number of ketones is 1. The van der Waals surface area contributed by atoms with E-state index in [9.17, 15) is 14.4 Å². The fourth-order valence-electron chi connectivity index (χ4n) is 2.55. The molecule has 2 aromatic rings. The molecule has 2 amide bonds. The van der Waals surface area contributed by atoms with Gasteiger partial charge in [0.05, 0.1) is 6.04 Å². The summed E-state index contributed by atoms with van der Waals surface area (Å²) in [6.07, 6.45) is 1.11. The summed E-state index contributed by atoms with van der Waals surface area (Å²) in [7, 11) is 0. The zero-order valence-corrected chi connectivity index (χ0v) is 15.7. The minimum absolute atomic E-state index is 0.00778. The highest BCUT2D eigenvalue weighted by Gasteiger charge is 2.29. The first-order valence-electron chi connectivity index (χ1n) is 8.98. The molecule has 10 nitrogen and oxygen atoms in total. The van der Waals surface area contributed by atoms with Crippen LogP contribution in [-0.4, -0.2) is 50.5 Å². The number of primary amides is 1. The van der Waals surface area contributed by atoms with Crippen LogP contribution in [0.2, 0.25) is 0 Å². The van der Waals surface area contributed by atoms with Crippen LogP contribution in [0.4, 0.5) is 4.79 Å². The lowest BCUT2D eigenvalue weighted by Gasteiger charge is -2.14. The van der Waals surface area contributed by atoms with Crippen molar-refractivity contribution in [3.63, 3.8) is 0 Å². The third-order valence-electron chi connectivity index (χ3n) is 4.09. The highest BCUT2D eigenvalue weighted by molar-refractivity contribution is 5.99. The first-order chi connectivity index (χ1) is 13.4. The van der Waals surface area contributed by atoms with Crippen LogP contribution in [0.1, 0.15) is 37.6 Å². The van der Waals surface area contributed by atoms with Crippen molar-refractivity contribution in [1.29, 1.82) is 0 Å². The van der Waals surface area contributed by atoms with Gasteiger partial charge in [0.25, 0.3) is 0 Å². The van der Waals surface area contributed by atoms with E-state index in [1.807, 2.05) is 30.3 Å². The highest BCUT2D eigenvalue weighted by atomic mass is 16.2. The van der Waals surface area contributed by atoms with Crippen molar-refractivity contribution in [2.75, 3.05) is 6.54 Å². The number of nitrogens with zero attached hydrogens (tertiary/aromatic N) is 4. The molecule has 0 aliphatic heterocycles. The summed E-state index contributed by atoms with van der Waals surface area (Å²) >= 11 is 0. The summed E-state index contributed by atoms with van der Waals surface area (Å²) in [5, 5.41) is 14.2. The fourth-order valence-corrected chi connectivity index (χ4v) is 2.55. The predicted molar refractivity (Wildman–Crippen MR) is 101 cm³/mol. The van der Waals surface area contributed by atoms with Crippen LogP contribution in [0.25, 0.3) is 0 Å². The number of hydrogen-bond acceptors (Lipinski definition) is 7. The van der Waals surface area contributed by atoms with E-state index in [1.54, 1.807) is 6.92 Å². The molecule has 28 heavy (non-hydrogen) atoms. The van der Waals surface area contributed by atoms with Crippen LogP contribution in [-0.2, 0) is 16.0 Å². The Morgan fingerprint density at radius 1 is 1.21 bits per heavy atom. The van der Waals surface area contributed by atoms with Gasteiger partial charge in [-0.3, -0.25) is 9.59 Å². The summed E-state index contributed by atoms with van der Waals surface area (Å²) in [5.74, 6) is -0.633. The van der Waals surface area contributed by atoms with Crippen molar-refractivity contribution in [3.05, 3.63) is 47.6 Å². The molecule has 2 rings (SSSR count). The molecule has 1 aromatic carbocycles. The third kappa shape index (κ3) is 5.95. The van der Waals surface area contributed by atoms with Crippen LogP contribution >= 0.6 is 0 Å². The Morgan fingerprint density at radius 2 is 1.93 bits per heavy atom. The van der Waals surface area contributed by atoms with E-state index < -0.39 is 23.8 Å². The molecule has 0 bridgehead atoms. The fraction of sp³-hybridized carbons (Fsp3) is 0.389. The second kappa shape index (κ2) is 10.3. The normalized spacial score (nSPS) is 12.0. The monoisotopic (exact) mass is 386 g/mol. The van der Waals surface area contributed by atoms with E-state index >= 15 is 0 Å². The van der Waals surface area contributed by atoms with E-state index in [0.717, 1.165) is 10.4 Å². The van der Waals surface area contributed by atoms with Crippen molar-refractivity contribution in [2.24, 2.45) is 11.5 Å². The van der Waals surface area contributed by atoms with Gasteiger partial charge in [0.2, 0.25) is 5.91 Å². The maximum atomic E-state index is 12.5. The average molecular weight is 386 g/mol. The second-order valence-corrected chi connectivity index (χ2v) is 6.18. The molecule has 0 spiro atoms. The molecular weight excluding hydrogens is 362 g/mol. The Morgan fingerprint density at radius 3 is 2.57 bits per heavy atom. The maximum Gasteiger partial charge on any atom is 0.360 e. The number of rotatable bonds is 10. The molecular formula is C18H24N7O3. The largest absolute Gasteiger partial charge is 0.370 e. The number of nitrogens with two attached hydrogens (primary N) is 2. The SMILES string of the molecule is CC[C](C(=O)[C@@H](N)CCC(N)=O)c1nnn(C(=O)NCCc2ccccc2)n1. The molecule has 0 aliphatic carbocycles. The Bertz CT molecular complexity index is 807. The van der Waals surface area contributed by atoms with Gasteiger partial charge in [-0.2, -0.15) is 0 Å². The van der Waals surface area contributed by atoms with E-state index in [4.69, 9.17) is 11.5 Å². The first-order valence-corrected chi connectivity index (χ1v) is 8.98. The van der Waals surface area contributed by atoms with E-state index in [0.29, 0.717) is 19.4 Å². The third-order valence-corrected chi connectivity index (χ3v) is 4.09. The molecule has 0 unspecified atom stereocenters. The molecule has 149 valence electrons. The molecule has 5 N–H and O–H groups in total. The summed E-state index contributed by atoms with van der Waals surface area (Å²) in [6, 6.07) is 8.27. The number of carbonyl (C=O) groups excluding carboxylic acids is 3. The summed E-state index contributed by atoms with van der Waals surface area (Å²) in [5.41, 5.74) is 12.0. The Labute approximate surface area is 162 Å². The molecule has 1 heterocycles. The van der Waals surface area contributed by atoms with E-state index in [-0.39, 0.29) is 24.6 Å². The number of amides is 2. The number of tetrazole rings is 1. The van der Waals surface area contributed by atoms with E-state index in [1.165, 1.54) is 0 Å². The number of benzene rings is 1. The highest BCUT2D eigenvalue weighted by Crippen LogP contribution is 2.17. The minimum atomic E-state index is -0.894. The van der Waals surface area contributed by atoms with Crippen LogP contribution in [0.3, 0.4) is 0 Å². The molecule has 1 radical (unpaired) electrons. The van der Waals surface area contributed by atoms with Gasteiger partial charge < -0.3 is 16.8 Å². The summed E-state index contributed by atoms with van der Waals surface area (Å²) in [4.78, 5) is 36.3. The van der Waals surface area contributed by atoms with Crippen molar-refractivity contribution in [3.8, 4) is 0 Å². The molecule has 0 aliphatic rings. The number of hydrogen-bond donors (Lipinski definition) is 3. The van der Waals surface area contributed by atoms with Gasteiger partial charge >= 0.3 is 6.03 Å². The van der Waals surface area contributed by atoms with Gasteiger partial charge in [-0.05, 0) is 30.0 Å². The standard InChI is InChI=1S/C18H24N7O3/c1-2-13(16(27)14(19)8-9-15(20)26)17-22-24-25(23-17)18(28)21-11-10-12-6-4-3-5-7-12/h3-7,14H,2,8-11,19H2,1H3,(H2,20,26)(H,21,28)/t14-/m0/s1. The number of carbonyl (C=O) groups is 3. The van der Waals surface area contributed by atoms with Crippen molar-refractivity contribution in [2.45, 2.75) is 38.6 Å². The smallest absolute Gasteiger partial charge is 0.360 e. The second-order valence-electron chi connectivity index (χ2n) is 6.18. The molecule has 0 saturated heterocycles. The van der Waals surface area contributed by atoms with Gasteiger partial charge in [0.1, 0.15) is 5.92 Å².